The summed E-state index contributed by atoms with van der Waals surface area (Å²) in [5.74, 6) is -0.313. The van der Waals surface area contributed by atoms with Crippen molar-refractivity contribution in [2.24, 2.45) is 5.10 Å². The molecular formula is C21H19BrClN3O5. The van der Waals surface area contributed by atoms with Gasteiger partial charge in [-0.05, 0) is 56.7 Å². The van der Waals surface area contributed by atoms with Gasteiger partial charge in [-0.3, -0.25) is 4.79 Å². The molecule has 31 heavy (non-hydrogen) atoms. The van der Waals surface area contributed by atoms with E-state index in [-0.39, 0.29) is 22.1 Å². The van der Waals surface area contributed by atoms with E-state index in [1.807, 2.05) is 6.07 Å². The summed E-state index contributed by atoms with van der Waals surface area (Å²) in [7, 11) is 0. The molecule has 1 heterocycles. The van der Waals surface area contributed by atoms with Gasteiger partial charge >= 0.3 is 5.97 Å². The van der Waals surface area contributed by atoms with Crippen molar-refractivity contribution in [1.29, 1.82) is 0 Å². The number of hydrogen-bond acceptors (Lipinski definition) is 6. The molecule has 0 unspecified atom stereocenters. The maximum absolute atomic E-state index is 12.9. The molecule has 0 saturated carbocycles. The minimum Gasteiger partial charge on any atom is -0.490 e. The van der Waals surface area contributed by atoms with Gasteiger partial charge in [0, 0.05) is 4.47 Å². The molecule has 8 nitrogen and oxygen atoms in total. The van der Waals surface area contributed by atoms with E-state index < -0.39 is 12.1 Å². The van der Waals surface area contributed by atoms with Crippen LogP contribution >= 0.6 is 27.5 Å². The highest BCUT2D eigenvalue weighted by Gasteiger charge is 2.19. The molecule has 0 saturated heterocycles. The number of halogens is 2. The normalized spacial score (nSPS) is 12.3. The lowest BCUT2D eigenvalue weighted by Crippen LogP contribution is -2.23. The standard InChI is InChI=1S/C21H19BrClN3O5/c1-4-30-18-8-13(7-16(23)19(18)31-11(2)21(28)29)10-24-26-12(3)25-17-6-5-14(22)9-15(17)20(26)27/h5-11H,4H2,1-3H3,(H,28,29)/t11-/m0/s1. The van der Waals surface area contributed by atoms with E-state index in [0.29, 0.717) is 28.9 Å². The summed E-state index contributed by atoms with van der Waals surface area (Å²) in [4.78, 5) is 28.4. The summed E-state index contributed by atoms with van der Waals surface area (Å²) in [6.45, 7) is 5.17. The van der Waals surface area contributed by atoms with Crippen LogP contribution in [-0.4, -0.2) is 39.7 Å². The summed E-state index contributed by atoms with van der Waals surface area (Å²) in [5, 5.41) is 13.9. The van der Waals surface area contributed by atoms with Crippen LogP contribution in [0.2, 0.25) is 5.02 Å². The van der Waals surface area contributed by atoms with Crippen LogP contribution in [0.5, 0.6) is 11.5 Å². The Bertz CT molecular complexity index is 1240. The van der Waals surface area contributed by atoms with Crippen molar-refractivity contribution in [1.82, 2.24) is 9.66 Å². The Kier molecular flexibility index (Phi) is 6.97. The molecule has 0 aliphatic rings. The molecule has 0 spiro atoms. The van der Waals surface area contributed by atoms with E-state index in [1.54, 1.807) is 38.1 Å². The van der Waals surface area contributed by atoms with Gasteiger partial charge in [-0.15, -0.1) is 0 Å². The number of nitrogens with zero attached hydrogens (tertiary/aromatic N) is 3. The number of aryl methyl sites for hydroxylation is 1. The van der Waals surface area contributed by atoms with Crippen LogP contribution in [0.1, 0.15) is 25.2 Å². The van der Waals surface area contributed by atoms with Crippen LogP contribution in [0.25, 0.3) is 10.9 Å². The van der Waals surface area contributed by atoms with Crippen LogP contribution in [-0.2, 0) is 4.79 Å². The number of aromatic nitrogens is 2. The minimum absolute atomic E-state index is 0.126. The number of carboxylic acids is 1. The third-order valence-electron chi connectivity index (χ3n) is 4.27. The highest BCUT2D eigenvalue weighted by atomic mass is 79.9. The summed E-state index contributed by atoms with van der Waals surface area (Å²) >= 11 is 9.67. The zero-order valence-electron chi connectivity index (χ0n) is 16.9. The number of carbonyl (C=O) groups is 1. The Morgan fingerprint density at radius 1 is 1.39 bits per heavy atom. The Morgan fingerprint density at radius 2 is 2.13 bits per heavy atom. The number of aliphatic carboxylic acids is 1. The first-order valence-electron chi connectivity index (χ1n) is 9.30. The van der Waals surface area contributed by atoms with Crippen LogP contribution in [0, 0.1) is 6.92 Å². The van der Waals surface area contributed by atoms with Crippen molar-refractivity contribution in [3.8, 4) is 11.5 Å². The average Bonchev–Trinajstić information content (AvgIpc) is 2.71. The van der Waals surface area contributed by atoms with Crippen LogP contribution in [0.3, 0.4) is 0 Å². The third-order valence-corrected chi connectivity index (χ3v) is 5.04. The Hall–Kier alpha value is -2.91. The molecule has 3 aromatic rings. The smallest absolute Gasteiger partial charge is 0.344 e. The molecule has 1 aromatic heterocycles. The molecule has 162 valence electrons. The highest BCUT2D eigenvalue weighted by Crippen LogP contribution is 2.37. The summed E-state index contributed by atoms with van der Waals surface area (Å²) in [6.07, 6.45) is 0.332. The van der Waals surface area contributed by atoms with Crippen molar-refractivity contribution < 1.29 is 19.4 Å². The molecule has 10 heteroatoms. The summed E-state index contributed by atoms with van der Waals surface area (Å²) in [6, 6.07) is 8.41. The second-order valence-electron chi connectivity index (χ2n) is 6.54. The highest BCUT2D eigenvalue weighted by molar-refractivity contribution is 9.10. The SMILES string of the molecule is CCOc1cc(C=Nn2c(C)nc3ccc(Br)cc3c2=O)cc(Cl)c1O[C@@H](C)C(=O)O. The van der Waals surface area contributed by atoms with Gasteiger partial charge in [0.15, 0.2) is 17.6 Å². The summed E-state index contributed by atoms with van der Waals surface area (Å²) < 4.78 is 13.0. The van der Waals surface area contributed by atoms with Crippen molar-refractivity contribution in [2.45, 2.75) is 26.9 Å². The van der Waals surface area contributed by atoms with Gasteiger partial charge in [0.1, 0.15) is 5.82 Å². The molecule has 3 rings (SSSR count). The third kappa shape index (κ3) is 5.05. The molecule has 0 amide bonds. The molecule has 0 radical (unpaired) electrons. The minimum atomic E-state index is -1.13. The van der Waals surface area contributed by atoms with E-state index in [1.165, 1.54) is 17.8 Å². The molecule has 0 aliphatic heterocycles. The van der Waals surface area contributed by atoms with Crippen LogP contribution < -0.4 is 15.0 Å². The van der Waals surface area contributed by atoms with E-state index in [9.17, 15) is 9.59 Å². The Balaban J connectivity index is 2.02. The molecular weight excluding hydrogens is 490 g/mol. The first kappa shape index (κ1) is 22.8. The first-order valence-corrected chi connectivity index (χ1v) is 10.5. The van der Waals surface area contributed by atoms with Gasteiger partial charge in [0.05, 0.1) is 28.7 Å². The van der Waals surface area contributed by atoms with Crippen molar-refractivity contribution in [2.75, 3.05) is 6.61 Å². The second kappa shape index (κ2) is 9.49. The Labute approximate surface area is 191 Å². The number of ether oxygens (including phenoxy) is 2. The second-order valence-corrected chi connectivity index (χ2v) is 7.87. The fourth-order valence-corrected chi connectivity index (χ4v) is 3.41. The molecule has 1 atom stereocenters. The maximum Gasteiger partial charge on any atom is 0.344 e. The van der Waals surface area contributed by atoms with Crippen molar-refractivity contribution >= 4 is 50.6 Å². The fourth-order valence-electron chi connectivity index (χ4n) is 2.79. The van der Waals surface area contributed by atoms with Crippen molar-refractivity contribution in [3.05, 3.63) is 61.6 Å². The van der Waals surface area contributed by atoms with Gasteiger partial charge < -0.3 is 14.6 Å². The zero-order chi connectivity index (χ0) is 22.7. The van der Waals surface area contributed by atoms with Gasteiger partial charge in [-0.2, -0.15) is 9.78 Å². The largest absolute Gasteiger partial charge is 0.490 e. The van der Waals surface area contributed by atoms with Crippen LogP contribution in [0.4, 0.5) is 0 Å². The first-order chi connectivity index (χ1) is 14.7. The van der Waals surface area contributed by atoms with Gasteiger partial charge in [0.2, 0.25) is 0 Å². The van der Waals surface area contributed by atoms with Crippen LogP contribution in [0.15, 0.2) is 44.7 Å². The number of hydrogen-bond donors (Lipinski definition) is 1. The number of rotatable bonds is 7. The van der Waals surface area contributed by atoms with E-state index >= 15 is 0 Å². The van der Waals surface area contributed by atoms with Gasteiger partial charge in [-0.25, -0.2) is 9.78 Å². The van der Waals surface area contributed by atoms with E-state index in [0.717, 1.165) is 4.47 Å². The van der Waals surface area contributed by atoms with E-state index in [2.05, 4.69) is 26.0 Å². The monoisotopic (exact) mass is 507 g/mol. The quantitative estimate of drug-likeness (QED) is 0.479. The number of carboxylic acid groups (broad SMARTS) is 1. The summed E-state index contributed by atoms with van der Waals surface area (Å²) in [5.41, 5.74) is 0.795. The predicted octanol–water partition coefficient (Wildman–Crippen LogP) is 4.25. The van der Waals surface area contributed by atoms with Crippen molar-refractivity contribution in [3.63, 3.8) is 0 Å². The molecule has 0 aliphatic carbocycles. The Morgan fingerprint density at radius 3 is 2.81 bits per heavy atom. The van der Waals surface area contributed by atoms with Gasteiger partial charge in [-0.1, -0.05) is 27.5 Å². The average molecular weight is 509 g/mol. The fraction of sp³-hybridized carbons (Fsp3) is 0.238. The maximum atomic E-state index is 12.9. The zero-order valence-corrected chi connectivity index (χ0v) is 19.3. The van der Waals surface area contributed by atoms with Gasteiger partial charge in [0.25, 0.3) is 5.56 Å². The topological polar surface area (TPSA) is 103 Å². The lowest BCUT2D eigenvalue weighted by molar-refractivity contribution is -0.144. The lowest BCUT2D eigenvalue weighted by atomic mass is 10.2. The van der Waals surface area contributed by atoms with E-state index in [4.69, 9.17) is 26.2 Å². The molecule has 2 aromatic carbocycles. The molecule has 0 fully saturated rings. The lowest BCUT2D eigenvalue weighted by Gasteiger charge is -2.16. The molecule has 1 N–H and O–H groups in total. The molecule has 0 bridgehead atoms. The number of fused-ring (bicyclic) bond motifs is 1. The predicted molar refractivity (Wildman–Crippen MR) is 122 cm³/mol. The number of benzene rings is 2.